The van der Waals surface area contributed by atoms with Gasteiger partial charge in [-0.05, 0) is 12.1 Å². The summed E-state index contributed by atoms with van der Waals surface area (Å²) in [5.74, 6) is -1.14. The van der Waals surface area contributed by atoms with E-state index in [1.807, 2.05) is 0 Å². The molecule has 0 fully saturated rings. The third-order valence-corrected chi connectivity index (χ3v) is 3.93. The Bertz CT molecular complexity index is 769. The van der Waals surface area contributed by atoms with Crippen molar-refractivity contribution < 1.29 is 14.0 Å². The van der Waals surface area contributed by atoms with E-state index in [4.69, 9.17) is 0 Å². The van der Waals surface area contributed by atoms with E-state index in [0.29, 0.717) is 24.2 Å². The third-order valence-electron chi connectivity index (χ3n) is 3.93. The number of H-pyrrole nitrogens is 1. The molecule has 0 unspecified atom stereocenters. The molecule has 0 saturated carbocycles. The Labute approximate surface area is 132 Å². The van der Waals surface area contributed by atoms with Crippen LogP contribution in [0.3, 0.4) is 0 Å². The fourth-order valence-electron chi connectivity index (χ4n) is 2.66. The minimum absolute atomic E-state index is 0.0416. The molecule has 2 heterocycles. The van der Waals surface area contributed by atoms with Crippen molar-refractivity contribution in [2.24, 2.45) is 0 Å². The first kappa shape index (κ1) is 15.2. The SMILES string of the molecule is CN(C)C(=O)c1n[nH]c2c1CN(C(=O)c1ccccc1F)CC2. The van der Waals surface area contributed by atoms with Crippen LogP contribution in [0.15, 0.2) is 24.3 Å². The van der Waals surface area contributed by atoms with Crippen LogP contribution >= 0.6 is 0 Å². The van der Waals surface area contributed by atoms with Crippen LogP contribution in [0.4, 0.5) is 4.39 Å². The lowest BCUT2D eigenvalue weighted by molar-refractivity contribution is 0.0722. The molecule has 7 heteroatoms. The molecule has 0 aliphatic carbocycles. The van der Waals surface area contributed by atoms with Gasteiger partial charge >= 0.3 is 0 Å². The van der Waals surface area contributed by atoms with Crippen molar-refractivity contribution in [1.29, 1.82) is 0 Å². The second kappa shape index (κ2) is 5.83. The zero-order valence-electron chi connectivity index (χ0n) is 13.0. The van der Waals surface area contributed by atoms with Crippen molar-refractivity contribution in [2.75, 3.05) is 20.6 Å². The first-order valence-corrected chi connectivity index (χ1v) is 7.30. The van der Waals surface area contributed by atoms with Crippen LogP contribution in [0, 0.1) is 5.82 Å². The minimum atomic E-state index is -0.542. The number of fused-ring (bicyclic) bond motifs is 1. The van der Waals surface area contributed by atoms with E-state index in [1.54, 1.807) is 31.1 Å². The molecule has 1 aromatic heterocycles. The van der Waals surface area contributed by atoms with Crippen LogP contribution in [-0.2, 0) is 13.0 Å². The summed E-state index contributed by atoms with van der Waals surface area (Å²) in [6.45, 7) is 0.700. The molecule has 0 radical (unpaired) electrons. The maximum atomic E-state index is 13.8. The lowest BCUT2D eigenvalue weighted by Gasteiger charge is -2.27. The molecule has 1 aliphatic rings. The highest BCUT2D eigenvalue weighted by molar-refractivity contribution is 5.96. The monoisotopic (exact) mass is 316 g/mol. The lowest BCUT2D eigenvalue weighted by Crippen LogP contribution is -2.37. The van der Waals surface area contributed by atoms with E-state index in [9.17, 15) is 14.0 Å². The average Bonchev–Trinajstić information content (AvgIpc) is 2.96. The molecule has 3 rings (SSSR count). The number of aromatic amines is 1. The summed E-state index contributed by atoms with van der Waals surface area (Å²) in [5.41, 5.74) is 1.92. The van der Waals surface area contributed by atoms with Crippen molar-refractivity contribution in [2.45, 2.75) is 13.0 Å². The summed E-state index contributed by atoms with van der Waals surface area (Å²) >= 11 is 0. The number of nitrogens with one attached hydrogen (secondary N) is 1. The van der Waals surface area contributed by atoms with E-state index in [0.717, 1.165) is 5.69 Å². The predicted molar refractivity (Wildman–Crippen MR) is 81.4 cm³/mol. The maximum Gasteiger partial charge on any atom is 0.274 e. The third kappa shape index (κ3) is 2.69. The highest BCUT2D eigenvalue weighted by atomic mass is 19.1. The smallest absolute Gasteiger partial charge is 0.274 e. The Morgan fingerprint density at radius 2 is 2.04 bits per heavy atom. The Morgan fingerprint density at radius 1 is 1.30 bits per heavy atom. The number of halogens is 1. The summed E-state index contributed by atoms with van der Waals surface area (Å²) < 4.78 is 13.8. The van der Waals surface area contributed by atoms with Crippen LogP contribution in [0.1, 0.15) is 32.1 Å². The standard InChI is InChI=1S/C16H17FN4O2/c1-20(2)16(23)14-11-9-21(8-7-13(11)18-19-14)15(22)10-5-3-4-6-12(10)17/h3-6H,7-9H2,1-2H3,(H,18,19). The van der Waals surface area contributed by atoms with Crippen LogP contribution in [0.2, 0.25) is 0 Å². The summed E-state index contributed by atoms with van der Waals surface area (Å²) in [5, 5.41) is 6.94. The molecule has 1 N–H and O–H groups in total. The Hall–Kier alpha value is -2.70. The van der Waals surface area contributed by atoms with Crippen LogP contribution in [0.25, 0.3) is 0 Å². The summed E-state index contributed by atoms with van der Waals surface area (Å²) in [7, 11) is 3.29. The maximum absolute atomic E-state index is 13.8. The fourth-order valence-corrected chi connectivity index (χ4v) is 2.66. The highest BCUT2D eigenvalue weighted by Crippen LogP contribution is 2.23. The molecular formula is C16H17FN4O2. The van der Waals surface area contributed by atoms with E-state index in [1.165, 1.54) is 17.0 Å². The molecular weight excluding hydrogens is 299 g/mol. The zero-order chi connectivity index (χ0) is 16.6. The van der Waals surface area contributed by atoms with Crippen molar-refractivity contribution in [3.8, 4) is 0 Å². The molecule has 23 heavy (non-hydrogen) atoms. The van der Waals surface area contributed by atoms with Crippen LogP contribution < -0.4 is 0 Å². The van der Waals surface area contributed by atoms with Gasteiger partial charge in [0.05, 0.1) is 12.1 Å². The van der Waals surface area contributed by atoms with Crippen molar-refractivity contribution in [3.63, 3.8) is 0 Å². The summed E-state index contributed by atoms with van der Waals surface area (Å²) in [6.07, 6.45) is 0.559. The second-order valence-corrected chi connectivity index (χ2v) is 5.69. The number of rotatable bonds is 2. The molecule has 1 aliphatic heterocycles. The van der Waals surface area contributed by atoms with Gasteiger partial charge in [0, 0.05) is 38.3 Å². The Morgan fingerprint density at radius 3 is 2.74 bits per heavy atom. The number of nitrogens with zero attached hydrogens (tertiary/aromatic N) is 3. The predicted octanol–water partition coefficient (Wildman–Crippen LogP) is 1.45. The topological polar surface area (TPSA) is 69.3 Å². The van der Waals surface area contributed by atoms with E-state index >= 15 is 0 Å². The molecule has 0 bridgehead atoms. The van der Waals surface area contributed by atoms with Crippen LogP contribution in [0.5, 0.6) is 0 Å². The van der Waals surface area contributed by atoms with Crippen LogP contribution in [-0.4, -0.2) is 52.5 Å². The van der Waals surface area contributed by atoms with Gasteiger partial charge in [0.1, 0.15) is 5.82 Å². The number of benzene rings is 1. The molecule has 6 nitrogen and oxygen atoms in total. The van der Waals surface area contributed by atoms with Gasteiger partial charge in [-0.25, -0.2) is 4.39 Å². The van der Waals surface area contributed by atoms with Gasteiger partial charge in [-0.1, -0.05) is 12.1 Å². The molecule has 120 valence electrons. The number of carbonyl (C=O) groups is 2. The van der Waals surface area contributed by atoms with Gasteiger partial charge in [-0.15, -0.1) is 0 Å². The van der Waals surface area contributed by atoms with Gasteiger partial charge in [-0.3, -0.25) is 14.7 Å². The highest BCUT2D eigenvalue weighted by Gasteiger charge is 2.29. The summed E-state index contributed by atoms with van der Waals surface area (Å²) in [4.78, 5) is 27.7. The molecule has 0 spiro atoms. The van der Waals surface area contributed by atoms with Crippen molar-refractivity contribution >= 4 is 11.8 Å². The molecule has 0 saturated heterocycles. The number of hydrogen-bond acceptors (Lipinski definition) is 3. The van der Waals surface area contributed by atoms with Crippen molar-refractivity contribution in [3.05, 3.63) is 52.6 Å². The number of carbonyl (C=O) groups excluding carboxylic acids is 2. The zero-order valence-corrected chi connectivity index (χ0v) is 13.0. The van der Waals surface area contributed by atoms with Gasteiger partial charge < -0.3 is 9.80 Å². The van der Waals surface area contributed by atoms with Gasteiger partial charge in [0.25, 0.3) is 11.8 Å². The fraction of sp³-hybridized carbons (Fsp3) is 0.312. The Balaban J connectivity index is 1.88. The molecule has 0 atom stereocenters. The lowest BCUT2D eigenvalue weighted by atomic mass is 10.0. The summed E-state index contributed by atoms with van der Waals surface area (Å²) in [6, 6.07) is 5.91. The van der Waals surface area contributed by atoms with E-state index < -0.39 is 5.82 Å². The van der Waals surface area contributed by atoms with E-state index in [-0.39, 0.29) is 23.9 Å². The Kier molecular flexibility index (Phi) is 3.85. The average molecular weight is 316 g/mol. The van der Waals surface area contributed by atoms with Gasteiger partial charge in [-0.2, -0.15) is 5.10 Å². The first-order valence-electron chi connectivity index (χ1n) is 7.30. The van der Waals surface area contributed by atoms with E-state index in [2.05, 4.69) is 10.2 Å². The molecule has 1 aromatic carbocycles. The number of hydrogen-bond donors (Lipinski definition) is 1. The first-order chi connectivity index (χ1) is 11.0. The van der Waals surface area contributed by atoms with Crippen molar-refractivity contribution in [1.82, 2.24) is 20.0 Å². The largest absolute Gasteiger partial charge is 0.343 e. The normalized spacial score (nSPS) is 13.6. The number of amides is 2. The minimum Gasteiger partial charge on any atom is -0.343 e. The molecule has 2 aromatic rings. The van der Waals surface area contributed by atoms with Gasteiger partial charge in [0.15, 0.2) is 5.69 Å². The second-order valence-electron chi connectivity index (χ2n) is 5.69. The quantitative estimate of drug-likeness (QED) is 0.912. The number of aromatic nitrogens is 2. The molecule has 2 amide bonds. The van der Waals surface area contributed by atoms with Gasteiger partial charge in [0.2, 0.25) is 0 Å².